The van der Waals surface area contributed by atoms with Gasteiger partial charge >= 0.3 is 0 Å². The van der Waals surface area contributed by atoms with Crippen LogP contribution in [0.2, 0.25) is 10.0 Å². The van der Waals surface area contributed by atoms with E-state index in [1.165, 1.54) is 0 Å². The molecular weight excluding hydrogens is 369 g/mol. The number of carbonyl (C=O) groups is 1. The number of halogens is 2. The lowest BCUT2D eigenvalue weighted by Crippen LogP contribution is -2.36. The van der Waals surface area contributed by atoms with Crippen molar-refractivity contribution in [1.29, 1.82) is 0 Å². The molecule has 0 spiro atoms. The molecule has 126 valence electrons. The molecule has 1 N–H and O–H groups in total. The van der Waals surface area contributed by atoms with Crippen LogP contribution < -0.4 is 10.2 Å². The van der Waals surface area contributed by atoms with Gasteiger partial charge in [0.1, 0.15) is 5.82 Å². The molecule has 0 radical (unpaired) electrons. The largest absolute Gasteiger partial charge is 0.378 e. The van der Waals surface area contributed by atoms with E-state index in [0.29, 0.717) is 35.5 Å². The average Bonchev–Trinajstić information content (AvgIpc) is 2.99. The van der Waals surface area contributed by atoms with Gasteiger partial charge in [-0.2, -0.15) is 0 Å². The van der Waals surface area contributed by atoms with Crippen molar-refractivity contribution in [3.63, 3.8) is 0 Å². The van der Waals surface area contributed by atoms with Crippen molar-refractivity contribution < 1.29 is 9.53 Å². The number of ether oxygens (including phenoxy) is 1. The maximum absolute atomic E-state index is 12.2. The van der Waals surface area contributed by atoms with Crippen LogP contribution in [0.3, 0.4) is 0 Å². The number of hydrogen-bond donors (Lipinski definition) is 1. The number of nitrogens with zero attached hydrogens (tertiary/aromatic N) is 2. The van der Waals surface area contributed by atoms with Gasteiger partial charge in [-0.3, -0.25) is 4.79 Å². The molecule has 2 aliphatic rings. The van der Waals surface area contributed by atoms with Crippen molar-refractivity contribution in [3.05, 3.63) is 38.7 Å². The number of rotatable bonds is 2. The number of morpholine rings is 1. The summed E-state index contributed by atoms with van der Waals surface area (Å²) in [6.07, 6.45) is 0.321. The molecule has 2 aliphatic heterocycles. The van der Waals surface area contributed by atoms with Crippen molar-refractivity contribution >= 4 is 51.4 Å². The molecule has 1 aromatic carbocycles. The van der Waals surface area contributed by atoms with Crippen molar-refractivity contribution in [2.24, 2.45) is 0 Å². The molecule has 0 aliphatic carbocycles. The predicted molar refractivity (Wildman–Crippen MR) is 96.7 cm³/mol. The highest BCUT2D eigenvalue weighted by molar-refractivity contribution is 7.16. The molecule has 1 fully saturated rings. The number of amides is 1. The van der Waals surface area contributed by atoms with Crippen LogP contribution in [-0.2, 0) is 9.53 Å². The number of fused-ring (bicyclic) bond motifs is 1. The summed E-state index contributed by atoms with van der Waals surface area (Å²) in [5.41, 5.74) is 0.800. The monoisotopic (exact) mass is 383 g/mol. The summed E-state index contributed by atoms with van der Waals surface area (Å²) in [7, 11) is 0. The average molecular weight is 384 g/mol. The van der Waals surface area contributed by atoms with E-state index in [9.17, 15) is 4.79 Å². The lowest BCUT2D eigenvalue weighted by Gasteiger charge is -2.26. The quantitative estimate of drug-likeness (QED) is 0.857. The molecular formula is C16H15Cl2N3O2S. The summed E-state index contributed by atoms with van der Waals surface area (Å²) < 4.78 is 5.39. The minimum Gasteiger partial charge on any atom is -0.378 e. The van der Waals surface area contributed by atoms with Gasteiger partial charge in [-0.1, -0.05) is 40.6 Å². The molecule has 1 saturated heterocycles. The van der Waals surface area contributed by atoms with Gasteiger partial charge in [0.05, 0.1) is 18.1 Å². The Balaban J connectivity index is 1.76. The normalized spacial score (nSPS) is 20.7. The Kier molecular flexibility index (Phi) is 4.39. The van der Waals surface area contributed by atoms with Crippen LogP contribution >= 0.6 is 34.5 Å². The van der Waals surface area contributed by atoms with E-state index in [0.717, 1.165) is 28.7 Å². The molecule has 3 heterocycles. The Morgan fingerprint density at radius 1 is 1.25 bits per heavy atom. The van der Waals surface area contributed by atoms with Crippen molar-refractivity contribution in [2.75, 3.05) is 36.5 Å². The molecule has 8 heteroatoms. The second-order valence-electron chi connectivity index (χ2n) is 5.75. The number of benzene rings is 1. The third-order valence-corrected chi connectivity index (χ3v) is 6.12. The number of nitrogens with one attached hydrogen (secondary N) is 1. The topological polar surface area (TPSA) is 54.5 Å². The maximum Gasteiger partial charge on any atom is 0.226 e. The van der Waals surface area contributed by atoms with Gasteiger partial charge in [0.15, 0.2) is 5.13 Å². The first-order valence-electron chi connectivity index (χ1n) is 7.70. The van der Waals surface area contributed by atoms with E-state index in [4.69, 9.17) is 27.9 Å². The van der Waals surface area contributed by atoms with Crippen LogP contribution in [0.25, 0.3) is 0 Å². The van der Waals surface area contributed by atoms with Crippen LogP contribution in [0.5, 0.6) is 0 Å². The number of hydrogen-bond acceptors (Lipinski definition) is 5. The first-order chi connectivity index (χ1) is 11.6. The lowest BCUT2D eigenvalue weighted by atomic mass is 9.91. The van der Waals surface area contributed by atoms with Crippen LogP contribution in [0.15, 0.2) is 18.2 Å². The minimum atomic E-state index is -0.165. The van der Waals surface area contributed by atoms with E-state index in [2.05, 4.69) is 15.2 Å². The predicted octanol–water partition coefficient (Wildman–Crippen LogP) is 3.76. The molecule has 5 nitrogen and oxygen atoms in total. The summed E-state index contributed by atoms with van der Waals surface area (Å²) in [5.74, 6) is 0.392. The Labute approximate surface area is 153 Å². The van der Waals surface area contributed by atoms with Crippen LogP contribution in [0.1, 0.15) is 22.8 Å². The van der Waals surface area contributed by atoms with E-state index < -0.39 is 0 Å². The molecule has 2 aromatic rings. The Morgan fingerprint density at radius 3 is 2.67 bits per heavy atom. The number of carbonyl (C=O) groups excluding carboxylic acids is 1. The van der Waals surface area contributed by atoms with Gasteiger partial charge in [0, 0.05) is 35.5 Å². The maximum atomic E-state index is 12.2. The van der Waals surface area contributed by atoms with Gasteiger partial charge in [-0.15, -0.1) is 0 Å². The van der Waals surface area contributed by atoms with E-state index in [-0.39, 0.29) is 11.8 Å². The summed E-state index contributed by atoms with van der Waals surface area (Å²) >= 11 is 14.3. The van der Waals surface area contributed by atoms with Crippen LogP contribution in [-0.4, -0.2) is 37.2 Å². The second-order valence-corrected chi connectivity index (χ2v) is 7.57. The zero-order chi connectivity index (χ0) is 16.7. The molecule has 24 heavy (non-hydrogen) atoms. The Hall–Kier alpha value is -1.34. The fourth-order valence-electron chi connectivity index (χ4n) is 3.07. The fraction of sp³-hybridized carbons (Fsp3) is 0.375. The van der Waals surface area contributed by atoms with Gasteiger partial charge in [0.2, 0.25) is 5.91 Å². The summed E-state index contributed by atoms with van der Waals surface area (Å²) in [6.45, 7) is 2.99. The highest BCUT2D eigenvalue weighted by Crippen LogP contribution is 2.46. The van der Waals surface area contributed by atoms with Crippen molar-refractivity contribution in [3.8, 4) is 0 Å². The summed E-state index contributed by atoms with van der Waals surface area (Å²) in [5, 5.41) is 4.93. The van der Waals surface area contributed by atoms with E-state index in [1.807, 2.05) is 6.07 Å². The van der Waals surface area contributed by atoms with Gasteiger partial charge in [0.25, 0.3) is 0 Å². The molecule has 1 aromatic heterocycles. The minimum absolute atomic E-state index is 0.0673. The number of anilines is 2. The van der Waals surface area contributed by atoms with Crippen molar-refractivity contribution in [2.45, 2.75) is 12.3 Å². The molecule has 0 unspecified atom stereocenters. The lowest BCUT2D eigenvalue weighted by molar-refractivity contribution is -0.116. The third kappa shape index (κ3) is 2.88. The van der Waals surface area contributed by atoms with Gasteiger partial charge in [-0.25, -0.2) is 4.98 Å². The fourth-order valence-corrected chi connectivity index (χ4v) is 4.92. The second kappa shape index (κ2) is 6.52. The smallest absolute Gasteiger partial charge is 0.226 e. The standard InChI is InChI=1S/C16H15Cl2N3O2S/c17-10-2-1-3-11(18)13(10)9-8-12(22)19-15-14(9)24-16(20-15)21-4-6-23-7-5-21/h1-3,9H,4-8H2,(H,19,22)/t9-/m0/s1. The molecule has 1 amide bonds. The third-order valence-electron chi connectivity index (χ3n) is 4.24. The zero-order valence-electron chi connectivity index (χ0n) is 12.7. The SMILES string of the molecule is O=C1C[C@@H](c2c(Cl)cccc2Cl)c2sc(N3CCOCC3)nc2N1. The van der Waals surface area contributed by atoms with Gasteiger partial charge in [-0.05, 0) is 17.7 Å². The van der Waals surface area contributed by atoms with Gasteiger partial charge < -0.3 is 15.0 Å². The number of thiazole rings is 1. The molecule has 0 saturated carbocycles. The van der Waals surface area contributed by atoms with E-state index in [1.54, 1.807) is 23.5 Å². The summed E-state index contributed by atoms with van der Waals surface area (Å²) in [4.78, 5) is 20.0. The van der Waals surface area contributed by atoms with Crippen molar-refractivity contribution in [1.82, 2.24) is 4.98 Å². The molecule has 0 bridgehead atoms. The first-order valence-corrected chi connectivity index (χ1v) is 9.28. The Morgan fingerprint density at radius 2 is 1.96 bits per heavy atom. The number of aromatic nitrogens is 1. The van der Waals surface area contributed by atoms with Crippen LogP contribution in [0.4, 0.5) is 10.9 Å². The van der Waals surface area contributed by atoms with Crippen LogP contribution in [0, 0.1) is 0 Å². The first kappa shape index (κ1) is 16.1. The highest BCUT2D eigenvalue weighted by atomic mass is 35.5. The Bertz CT molecular complexity index is 769. The molecule has 1 atom stereocenters. The zero-order valence-corrected chi connectivity index (χ0v) is 15.0. The van der Waals surface area contributed by atoms with E-state index >= 15 is 0 Å². The molecule has 4 rings (SSSR count). The highest BCUT2D eigenvalue weighted by Gasteiger charge is 2.33. The summed E-state index contributed by atoms with van der Waals surface area (Å²) in [6, 6.07) is 5.42.